The molecule has 114 valence electrons. The Balaban J connectivity index is 1.67. The third-order valence-electron chi connectivity index (χ3n) is 5.92. The second-order valence-corrected chi connectivity index (χ2v) is 7.82. The first kappa shape index (κ1) is 13.8. The van der Waals surface area contributed by atoms with E-state index in [4.69, 9.17) is 0 Å². The SMILES string of the molecule is CC(C1CCC1)N1C(=O)C2(CCCC2)NC1c1ccsc1. The second kappa shape index (κ2) is 5.10. The average Bonchev–Trinajstić information content (AvgIpc) is 3.12. The van der Waals surface area contributed by atoms with Gasteiger partial charge in [-0.1, -0.05) is 19.3 Å². The highest BCUT2D eigenvalue weighted by molar-refractivity contribution is 7.08. The van der Waals surface area contributed by atoms with Crippen LogP contribution in [0.25, 0.3) is 0 Å². The highest BCUT2D eigenvalue weighted by atomic mass is 32.1. The Morgan fingerprint density at radius 3 is 2.67 bits per heavy atom. The van der Waals surface area contributed by atoms with E-state index in [2.05, 4.69) is 34.0 Å². The lowest BCUT2D eigenvalue weighted by molar-refractivity contribution is -0.136. The van der Waals surface area contributed by atoms with Crippen molar-refractivity contribution >= 4 is 17.2 Å². The lowest BCUT2D eigenvalue weighted by atomic mass is 9.79. The Kier molecular flexibility index (Phi) is 3.34. The molecule has 0 radical (unpaired) electrons. The van der Waals surface area contributed by atoms with E-state index >= 15 is 0 Å². The molecule has 3 aliphatic rings. The van der Waals surface area contributed by atoms with Gasteiger partial charge in [0.2, 0.25) is 5.91 Å². The Morgan fingerprint density at radius 1 is 1.33 bits per heavy atom. The normalized spacial score (nSPS) is 30.0. The summed E-state index contributed by atoms with van der Waals surface area (Å²) in [6.45, 7) is 2.26. The van der Waals surface area contributed by atoms with Crippen molar-refractivity contribution in [2.24, 2.45) is 5.92 Å². The Labute approximate surface area is 130 Å². The quantitative estimate of drug-likeness (QED) is 0.924. The highest BCUT2D eigenvalue weighted by Gasteiger charge is 2.54. The molecule has 3 nitrogen and oxygen atoms in total. The molecule has 4 heteroatoms. The number of nitrogens with one attached hydrogen (secondary N) is 1. The molecule has 1 amide bonds. The van der Waals surface area contributed by atoms with Crippen molar-refractivity contribution in [3.8, 4) is 0 Å². The van der Waals surface area contributed by atoms with Gasteiger partial charge in [-0.15, -0.1) is 0 Å². The molecule has 1 aromatic rings. The molecule has 1 saturated heterocycles. The van der Waals surface area contributed by atoms with E-state index in [-0.39, 0.29) is 11.7 Å². The van der Waals surface area contributed by atoms with Crippen molar-refractivity contribution in [1.82, 2.24) is 10.2 Å². The Hall–Kier alpha value is -0.870. The van der Waals surface area contributed by atoms with Crippen molar-refractivity contribution in [2.45, 2.75) is 69.6 Å². The summed E-state index contributed by atoms with van der Waals surface area (Å²) in [5.41, 5.74) is 1.01. The maximum absolute atomic E-state index is 13.2. The van der Waals surface area contributed by atoms with E-state index in [1.54, 1.807) is 11.3 Å². The Morgan fingerprint density at radius 2 is 2.10 bits per heavy atom. The van der Waals surface area contributed by atoms with Crippen LogP contribution in [0.3, 0.4) is 0 Å². The fourth-order valence-corrected chi connectivity index (χ4v) is 5.02. The number of rotatable bonds is 3. The molecule has 2 saturated carbocycles. The summed E-state index contributed by atoms with van der Waals surface area (Å²) in [5.74, 6) is 1.07. The Bertz CT molecular complexity index is 517. The topological polar surface area (TPSA) is 32.3 Å². The maximum Gasteiger partial charge on any atom is 0.244 e. The number of nitrogens with zero attached hydrogens (tertiary/aromatic N) is 1. The van der Waals surface area contributed by atoms with E-state index in [9.17, 15) is 4.79 Å². The van der Waals surface area contributed by atoms with Gasteiger partial charge in [-0.05, 0) is 60.9 Å². The van der Waals surface area contributed by atoms with Gasteiger partial charge in [0.15, 0.2) is 0 Å². The zero-order chi connectivity index (χ0) is 14.4. The first-order valence-corrected chi connectivity index (χ1v) is 9.28. The van der Waals surface area contributed by atoms with Crippen LogP contribution < -0.4 is 5.32 Å². The van der Waals surface area contributed by atoms with Crippen LogP contribution in [0.15, 0.2) is 16.8 Å². The first-order chi connectivity index (χ1) is 10.2. The molecule has 0 bridgehead atoms. The molecule has 4 rings (SSSR count). The highest BCUT2D eigenvalue weighted by Crippen LogP contribution is 2.45. The number of amides is 1. The third-order valence-corrected chi connectivity index (χ3v) is 6.62. The van der Waals surface area contributed by atoms with E-state index in [0.717, 1.165) is 12.8 Å². The van der Waals surface area contributed by atoms with E-state index in [1.807, 2.05) is 0 Å². The zero-order valence-corrected chi connectivity index (χ0v) is 13.5. The van der Waals surface area contributed by atoms with Crippen molar-refractivity contribution in [3.63, 3.8) is 0 Å². The molecular weight excluding hydrogens is 280 g/mol. The molecule has 2 atom stereocenters. The van der Waals surface area contributed by atoms with Gasteiger partial charge in [0.1, 0.15) is 6.17 Å². The van der Waals surface area contributed by atoms with Gasteiger partial charge in [-0.25, -0.2) is 0 Å². The lowest BCUT2D eigenvalue weighted by Crippen LogP contribution is -2.47. The van der Waals surface area contributed by atoms with Gasteiger partial charge in [0.05, 0.1) is 5.54 Å². The van der Waals surface area contributed by atoms with Crippen molar-refractivity contribution in [2.75, 3.05) is 0 Å². The fraction of sp³-hybridized carbons (Fsp3) is 0.706. The van der Waals surface area contributed by atoms with Crippen LogP contribution in [0.2, 0.25) is 0 Å². The van der Waals surface area contributed by atoms with Gasteiger partial charge in [-0.3, -0.25) is 10.1 Å². The molecular formula is C17H24N2OS. The van der Waals surface area contributed by atoms with Crippen LogP contribution in [0.4, 0.5) is 0 Å². The van der Waals surface area contributed by atoms with Gasteiger partial charge < -0.3 is 4.90 Å². The van der Waals surface area contributed by atoms with E-state index < -0.39 is 0 Å². The van der Waals surface area contributed by atoms with Crippen molar-refractivity contribution in [1.29, 1.82) is 0 Å². The van der Waals surface area contributed by atoms with Gasteiger partial charge in [0, 0.05) is 6.04 Å². The summed E-state index contributed by atoms with van der Waals surface area (Å²) in [6.07, 6.45) is 8.39. The number of thiophene rings is 1. The summed E-state index contributed by atoms with van der Waals surface area (Å²) in [4.78, 5) is 15.4. The summed E-state index contributed by atoms with van der Waals surface area (Å²) < 4.78 is 0. The fourth-order valence-electron chi connectivity index (χ4n) is 4.34. The lowest BCUT2D eigenvalue weighted by Gasteiger charge is -2.39. The molecule has 1 spiro atoms. The van der Waals surface area contributed by atoms with Crippen LogP contribution in [-0.4, -0.2) is 22.4 Å². The van der Waals surface area contributed by atoms with Crippen LogP contribution >= 0.6 is 11.3 Å². The minimum atomic E-state index is -0.259. The minimum absolute atomic E-state index is 0.0949. The molecule has 2 unspecified atom stereocenters. The van der Waals surface area contributed by atoms with Crippen molar-refractivity contribution < 1.29 is 4.79 Å². The number of carbonyl (C=O) groups excluding carboxylic acids is 1. The minimum Gasteiger partial charge on any atom is -0.318 e. The van der Waals surface area contributed by atoms with Gasteiger partial charge in [-0.2, -0.15) is 11.3 Å². The summed E-state index contributed by atoms with van der Waals surface area (Å²) in [7, 11) is 0. The van der Waals surface area contributed by atoms with Crippen LogP contribution in [0, 0.1) is 5.92 Å². The van der Waals surface area contributed by atoms with E-state index in [1.165, 1.54) is 37.7 Å². The second-order valence-electron chi connectivity index (χ2n) is 7.04. The first-order valence-electron chi connectivity index (χ1n) is 8.34. The monoisotopic (exact) mass is 304 g/mol. The van der Waals surface area contributed by atoms with Crippen LogP contribution in [0.1, 0.15) is 63.6 Å². The average molecular weight is 304 g/mol. The summed E-state index contributed by atoms with van der Waals surface area (Å²) in [5, 5.41) is 8.05. The predicted octanol–water partition coefficient (Wildman–Crippen LogP) is 3.68. The molecule has 0 aromatic carbocycles. The number of carbonyl (C=O) groups is 1. The largest absolute Gasteiger partial charge is 0.318 e. The maximum atomic E-state index is 13.2. The number of hydrogen-bond acceptors (Lipinski definition) is 3. The molecule has 1 N–H and O–H groups in total. The predicted molar refractivity (Wildman–Crippen MR) is 85.0 cm³/mol. The van der Waals surface area contributed by atoms with Gasteiger partial charge in [0.25, 0.3) is 0 Å². The van der Waals surface area contributed by atoms with Crippen LogP contribution in [0.5, 0.6) is 0 Å². The van der Waals surface area contributed by atoms with E-state index in [0.29, 0.717) is 17.9 Å². The number of hydrogen-bond donors (Lipinski definition) is 1. The summed E-state index contributed by atoms with van der Waals surface area (Å²) >= 11 is 1.72. The smallest absolute Gasteiger partial charge is 0.244 e. The molecule has 3 fully saturated rings. The molecule has 21 heavy (non-hydrogen) atoms. The van der Waals surface area contributed by atoms with Crippen LogP contribution in [-0.2, 0) is 4.79 Å². The molecule has 1 aliphatic heterocycles. The third kappa shape index (κ3) is 2.07. The van der Waals surface area contributed by atoms with Gasteiger partial charge >= 0.3 is 0 Å². The standard InChI is InChI=1S/C17H24N2OS/c1-12(13-5-4-6-13)19-15(14-7-10-21-11-14)18-17(16(19)20)8-2-3-9-17/h7,10-13,15,18H,2-6,8-9H2,1H3. The van der Waals surface area contributed by atoms with Crippen molar-refractivity contribution in [3.05, 3.63) is 22.4 Å². The molecule has 1 aromatic heterocycles. The molecule has 2 aliphatic carbocycles. The zero-order valence-electron chi connectivity index (χ0n) is 12.7. The summed E-state index contributed by atoms with van der Waals surface area (Å²) in [6, 6.07) is 2.54. The molecule has 2 heterocycles.